The van der Waals surface area contributed by atoms with Crippen molar-refractivity contribution in [3.63, 3.8) is 0 Å². The van der Waals surface area contributed by atoms with Crippen molar-refractivity contribution in [2.45, 2.75) is 13.0 Å². The van der Waals surface area contributed by atoms with Crippen molar-refractivity contribution in [3.05, 3.63) is 109 Å². The lowest BCUT2D eigenvalue weighted by molar-refractivity contribution is 0.628. The molecule has 33 heavy (non-hydrogen) atoms. The molecule has 2 aromatic carbocycles. The molecule has 7 heteroatoms. The van der Waals surface area contributed by atoms with Gasteiger partial charge in [0.25, 0.3) is 0 Å². The number of aromatic nitrogens is 5. The maximum atomic E-state index is 13.5. The first-order chi connectivity index (χ1) is 16.2. The van der Waals surface area contributed by atoms with E-state index in [-0.39, 0.29) is 11.9 Å². The molecule has 3 heterocycles. The summed E-state index contributed by atoms with van der Waals surface area (Å²) in [6.07, 6.45) is 7.09. The van der Waals surface area contributed by atoms with E-state index in [9.17, 15) is 4.39 Å². The fourth-order valence-corrected chi connectivity index (χ4v) is 3.58. The Morgan fingerprint density at radius 3 is 2.42 bits per heavy atom. The highest BCUT2D eigenvalue weighted by molar-refractivity contribution is 5.66. The number of hydrogen-bond acceptors (Lipinski definition) is 5. The van der Waals surface area contributed by atoms with E-state index in [1.165, 1.54) is 12.1 Å². The highest BCUT2D eigenvalue weighted by Crippen LogP contribution is 2.27. The largest absolute Gasteiger partial charge is 0.348 e. The number of anilines is 1. The van der Waals surface area contributed by atoms with Gasteiger partial charge in [-0.25, -0.2) is 14.4 Å². The minimum Gasteiger partial charge on any atom is -0.348 e. The summed E-state index contributed by atoms with van der Waals surface area (Å²) >= 11 is 0. The molecule has 0 amide bonds. The normalized spacial score (nSPS) is 11.8. The molecule has 162 valence electrons. The molecule has 0 spiro atoms. The van der Waals surface area contributed by atoms with Gasteiger partial charge >= 0.3 is 0 Å². The van der Waals surface area contributed by atoms with Gasteiger partial charge in [0.15, 0.2) is 0 Å². The first-order valence-corrected chi connectivity index (χ1v) is 10.6. The minimum absolute atomic E-state index is 0.0340. The molecule has 0 aliphatic rings. The SMILES string of the molecule is CC(Nc1nccc(-n2cc(-c3cccnc3)nc2-c2ccc(F)cc2)n1)c1ccccc1. The van der Waals surface area contributed by atoms with Crippen LogP contribution in [0.2, 0.25) is 0 Å². The van der Waals surface area contributed by atoms with Gasteiger partial charge in [-0.2, -0.15) is 4.98 Å². The van der Waals surface area contributed by atoms with Crippen LogP contribution in [0, 0.1) is 5.82 Å². The number of imidazole rings is 1. The van der Waals surface area contributed by atoms with Crippen molar-refractivity contribution in [2.24, 2.45) is 0 Å². The van der Waals surface area contributed by atoms with E-state index in [1.807, 2.05) is 47.2 Å². The van der Waals surface area contributed by atoms with Gasteiger partial charge in [0.05, 0.1) is 11.7 Å². The predicted molar refractivity (Wildman–Crippen MR) is 126 cm³/mol. The summed E-state index contributed by atoms with van der Waals surface area (Å²) in [5, 5.41) is 3.36. The second kappa shape index (κ2) is 9.00. The van der Waals surface area contributed by atoms with E-state index in [2.05, 4.69) is 34.3 Å². The zero-order chi connectivity index (χ0) is 22.6. The van der Waals surface area contributed by atoms with Crippen molar-refractivity contribution in [2.75, 3.05) is 5.32 Å². The summed E-state index contributed by atoms with van der Waals surface area (Å²) in [4.78, 5) is 18.1. The Balaban J connectivity index is 1.55. The standard InChI is InChI=1S/C26H21FN6/c1-18(19-6-3-2-4-7-19)30-26-29-15-13-24(32-26)33-17-23(21-8-5-14-28-16-21)31-25(33)20-9-11-22(27)12-10-20/h2-18H,1H3,(H,29,30,32). The van der Waals surface area contributed by atoms with E-state index < -0.39 is 0 Å². The molecule has 0 saturated carbocycles. The summed E-state index contributed by atoms with van der Waals surface area (Å²) in [7, 11) is 0. The number of benzene rings is 2. The molecule has 3 aromatic heterocycles. The van der Waals surface area contributed by atoms with Crippen LogP contribution >= 0.6 is 0 Å². The average molecular weight is 436 g/mol. The van der Waals surface area contributed by atoms with Gasteiger partial charge in [-0.15, -0.1) is 0 Å². The van der Waals surface area contributed by atoms with Gasteiger partial charge in [0.2, 0.25) is 5.95 Å². The highest BCUT2D eigenvalue weighted by Gasteiger charge is 2.15. The quantitative estimate of drug-likeness (QED) is 0.370. The molecule has 5 aromatic rings. The van der Waals surface area contributed by atoms with Gasteiger partial charge < -0.3 is 5.32 Å². The summed E-state index contributed by atoms with van der Waals surface area (Å²) < 4.78 is 15.4. The molecule has 0 saturated heterocycles. The molecule has 0 bridgehead atoms. The number of rotatable bonds is 6. The fraction of sp³-hybridized carbons (Fsp3) is 0.0769. The van der Waals surface area contributed by atoms with E-state index >= 15 is 0 Å². The number of halogens is 1. The number of hydrogen-bond donors (Lipinski definition) is 1. The lowest BCUT2D eigenvalue weighted by Crippen LogP contribution is -2.10. The van der Waals surface area contributed by atoms with E-state index in [0.29, 0.717) is 17.6 Å². The highest BCUT2D eigenvalue weighted by atomic mass is 19.1. The van der Waals surface area contributed by atoms with Crippen molar-refractivity contribution in [1.29, 1.82) is 0 Å². The number of pyridine rings is 1. The third kappa shape index (κ3) is 4.48. The molecular weight excluding hydrogens is 415 g/mol. The van der Waals surface area contributed by atoms with Crippen LogP contribution in [0.5, 0.6) is 0 Å². The molecule has 0 radical (unpaired) electrons. The number of nitrogens with one attached hydrogen (secondary N) is 1. The summed E-state index contributed by atoms with van der Waals surface area (Å²) in [6, 6.07) is 22.0. The predicted octanol–water partition coefficient (Wildman–Crippen LogP) is 5.70. The molecule has 0 fully saturated rings. The summed E-state index contributed by atoms with van der Waals surface area (Å²) in [5.74, 6) is 1.50. The third-order valence-corrected chi connectivity index (χ3v) is 5.30. The van der Waals surface area contributed by atoms with Crippen LogP contribution in [0.4, 0.5) is 10.3 Å². The van der Waals surface area contributed by atoms with Gasteiger partial charge in [-0.3, -0.25) is 9.55 Å². The summed E-state index contributed by atoms with van der Waals surface area (Å²) in [6.45, 7) is 2.06. The van der Waals surface area contributed by atoms with Crippen LogP contribution in [0.25, 0.3) is 28.5 Å². The topological polar surface area (TPSA) is 68.5 Å². The fourth-order valence-electron chi connectivity index (χ4n) is 3.58. The van der Waals surface area contributed by atoms with Crippen LogP contribution < -0.4 is 5.32 Å². The zero-order valence-electron chi connectivity index (χ0n) is 17.9. The Morgan fingerprint density at radius 1 is 0.848 bits per heavy atom. The van der Waals surface area contributed by atoms with Crippen molar-refractivity contribution < 1.29 is 4.39 Å². The first kappa shape index (κ1) is 20.5. The lowest BCUT2D eigenvalue weighted by Gasteiger charge is -2.15. The Hall–Kier alpha value is -4.39. The average Bonchev–Trinajstić information content (AvgIpc) is 3.31. The van der Waals surface area contributed by atoms with Crippen LogP contribution in [0.3, 0.4) is 0 Å². The molecule has 1 unspecified atom stereocenters. The molecule has 5 rings (SSSR count). The van der Waals surface area contributed by atoms with E-state index in [4.69, 9.17) is 9.97 Å². The zero-order valence-corrected chi connectivity index (χ0v) is 17.9. The van der Waals surface area contributed by atoms with Crippen LogP contribution in [-0.4, -0.2) is 24.5 Å². The van der Waals surface area contributed by atoms with Gasteiger partial charge in [-0.1, -0.05) is 30.3 Å². The number of nitrogens with zero attached hydrogens (tertiary/aromatic N) is 5. The molecule has 0 aliphatic carbocycles. The van der Waals surface area contributed by atoms with Gasteiger partial charge in [0.1, 0.15) is 17.5 Å². The van der Waals surface area contributed by atoms with Crippen molar-refractivity contribution >= 4 is 5.95 Å². The smallest absolute Gasteiger partial charge is 0.225 e. The lowest BCUT2D eigenvalue weighted by atomic mass is 10.1. The van der Waals surface area contributed by atoms with E-state index in [1.54, 1.807) is 30.7 Å². The Morgan fingerprint density at radius 2 is 1.67 bits per heavy atom. The second-order valence-electron chi connectivity index (χ2n) is 7.58. The van der Waals surface area contributed by atoms with Crippen LogP contribution in [0.15, 0.2) is 97.6 Å². The van der Waals surface area contributed by atoms with Gasteiger partial charge in [0, 0.05) is 35.9 Å². The molecule has 1 N–H and O–H groups in total. The monoisotopic (exact) mass is 436 g/mol. The first-order valence-electron chi connectivity index (χ1n) is 10.6. The molecular formula is C26H21FN6. The maximum Gasteiger partial charge on any atom is 0.225 e. The van der Waals surface area contributed by atoms with Gasteiger partial charge in [-0.05, 0) is 55.0 Å². The Bertz CT molecular complexity index is 1350. The van der Waals surface area contributed by atoms with Crippen LogP contribution in [-0.2, 0) is 0 Å². The van der Waals surface area contributed by atoms with Crippen LogP contribution in [0.1, 0.15) is 18.5 Å². The Labute approximate surface area is 190 Å². The van der Waals surface area contributed by atoms with E-state index in [0.717, 1.165) is 22.4 Å². The molecule has 6 nitrogen and oxygen atoms in total. The third-order valence-electron chi connectivity index (χ3n) is 5.30. The molecule has 1 atom stereocenters. The Kier molecular flexibility index (Phi) is 5.59. The maximum absolute atomic E-state index is 13.5. The summed E-state index contributed by atoms with van der Waals surface area (Å²) in [5.41, 5.74) is 3.54. The molecule has 0 aliphatic heterocycles. The second-order valence-corrected chi connectivity index (χ2v) is 7.58. The van der Waals surface area contributed by atoms with Crippen molar-refractivity contribution in [1.82, 2.24) is 24.5 Å². The minimum atomic E-state index is -0.298. The van der Waals surface area contributed by atoms with Crippen molar-refractivity contribution in [3.8, 4) is 28.5 Å².